The van der Waals surface area contributed by atoms with Crippen molar-refractivity contribution in [3.63, 3.8) is 0 Å². The number of hydrogen-bond donors (Lipinski definition) is 1. The van der Waals surface area contributed by atoms with E-state index in [4.69, 9.17) is 11.6 Å². The van der Waals surface area contributed by atoms with Crippen LogP contribution < -0.4 is 5.32 Å². The van der Waals surface area contributed by atoms with Gasteiger partial charge in [0.15, 0.2) is 0 Å². The summed E-state index contributed by atoms with van der Waals surface area (Å²) >= 11 is 5.88. The van der Waals surface area contributed by atoms with Crippen LogP contribution in [0.15, 0.2) is 76.5 Å². The molecule has 36 heavy (non-hydrogen) atoms. The van der Waals surface area contributed by atoms with Crippen molar-refractivity contribution in [3.05, 3.63) is 88.7 Å². The summed E-state index contributed by atoms with van der Waals surface area (Å²) in [6.07, 6.45) is 0. The van der Waals surface area contributed by atoms with Crippen LogP contribution in [-0.4, -0.2) is 52.0 Å². The topological polar surface area (TPSA) is 104 Å². The van der Waals surface area contributed by atoms with Gasteiger partial charge in [0.05, 0.1) is 16.3 Å². The van der Waals surface area contributed by atoms with Gasteiger partial charge < -0.3 is 5.32 Å². The molecule has 0 unspecified atom stereocenters. The van der Waals surface area contributed by atoms with Crippen molar-refractivity contribution in [2.24, 2.45) is 0 Å². The van der Waals surface area contributed by atoms with Crippen LogP contribution in [0.2, 0.25) is 5.02 Å². The maximum Gasteiger partial charge on any atom is 0.243 e. The molecule has 0 heterocycles. The molecule has 3 rings (SSSR count). The molecule has 0 aliphatic rings. The number of aryl methyl sites for hydroxylation is 1. The number of nitrogens with one attached hydrogen (secondary N) is 1. The van der Waals surface area contributed by atoms with Gasteiger partial charge in [-0.15, -0.1) is 0 Å². The average molecular weight is 554 g/mol. The summed E-state index contributed by atoms with van der Waals surface area (Å²) in [6.45, 7) is 0.617. The molecule has 0 aromatic heterocycles. The van der Waals surface area contributed by atoms with Gasteiger partial charge in [0.25, 0.3) is 0 Å². The molecule has 0 saturated heterocycles. The Labute approximate surface area is 215 Å². The monoisotopic (exact) mass is 553 g/mol. The van der Waals surface area contributed by atoms with Gasteiger partial charge in [-0.05, 0) is 55.0 Å². The Hall–Kier alpha value is -2.83. The van der Waals surface area contributed by atoms with Crippen molar-refractivity contribution < 1.29 is 26.0 Å². The van der Waals surface area contributed by atoms with Crippen molar-refractivity contribution in [3.8, 4) is 0 Å². The number of hydrogen-bond acceptors (Lipinski definition) is 5. The first kappa shape index (κ1) is 27.8. The molecular formula is C24H25ClFN3O5S2. The van der Waals surface area contributed by atoms with E-state index in [1.54, 1.807) is 13.0 Å². The smallest absolute Gasteiger partial charge is 0.243 e. The molecule has 0 atom stereocenters. The average Bonchev–Trinajstić information content (AvgIpc) is 2.81. The molecule has 0 spiro atoms. The maximum atomic E-state index is 14.4. The molecule has 0 aliphatic carbocycles. The quantitative estimate of drug-likeness (QED) is 0.433. The van der Waals surface area contributed by atoms with Crippen molar-refractivity contribution in [2.45, 2.75) is 23.3 Å². The molecule has 1 N–H and O–H groups in total. The van der Waals surface area contributed by atoms with Gasteiger partial charge >= 0.3 is 0 Å². The second-order valence-corrected chi connectivity index (χ2v) is 12.7. The SMILES string of the molecule is Cc1ccc(S(=O)(=O)N(C)C)cc1NC(=O)CN(Cc1ccccc1F)S(=O)(=O)c1ccc(Cl)cc1. The fourth-order valence-electron chi connectivity index (χ4n) is 3.26. The molecule has 0 fully saturated rings. The van der Waals surface area contributed by atoms with Gasteiger partial charge in [0.2, 0.25) is 26.0 Å². The third kappa shape index (κ3) is 6.29. The first-order chi connectivity index (χ1) is 16.8. The number of rotatable bonds is 9. The number of carbonyl (C=O) groups is 1. The number of carbonyl (C=O) groups excluding carboxylic acids is 1. The summed E-state index contributed by atoms with van der Waals surface area (Å²) in [5.74, 6) is -1.35. The van der Waals surface area contributed by atoms with Gasteiger partial charge in [-0.25, -0.2) is 25.5 Å². The van der Waals surface area contributed by atoms with E-state index in [1.807, 2.05) is 0 Å². The highest BCUT2D eigenvalue weighted by Crippen LogP contribution is 2.24. The molecule has 0 radical (unpaired) electrons. The minimum Gasteiger partial charge on any atom is -0.325 e. The van der Waals surface area contributed by atoms with E-state index in [0.29, 0.717) is 10.6 Å². The van der Waals surface area contributed by atoms with Crippen LogP contribution in [0.25, 0.3) is 0 Å². The van der Waals surface area contributed by atoms with E-state index in [1.165, 1.54) is 74.8 Å². The molecule has 3 aromatic carbocycles. The number of sulfonamides is 2. The fourth-order valence-corrected chi connectivity index (χ4v) is 5.68. The molecule has 3 aromatic rings. The molecule has 8 nitrogen and oxygen atoms in total. The zero-order chi connectivity index (χ0) is 26.7. The van der Waals surface area contributed by atoms with E-state index < -0.39 is 44.9 Å². The lowest BCUT2D eigenvalue weighted by atomic mass is 10.2. The Morgan fingerprint density at radius 3 is 2.14 bits per heavy atom. The van der Waals surface area contributed by atoms with E-state index in [0.717, 1.165) is 8.61 Å². The van der Waals surface area contributed by atoms with Crippen LogP contribution in [0.3, 0.4) is 0 Å². The third-order valence-corrected chi connectivity index (χ3v) is 9.21. The van der Waals surface area contributed by atoms with Crippen molar-refractivity contribution in [1.29, 1.82) is 0 Å². The molecule has 0 aliphatic heterocycles. The normalized spacial score (nSPS) is 12.2. The van der Waals surface area contributed by atoms with Gasteiger partial charge in [0, 0.05) is 36.9 Å². The molecule has 1 amide bonds. The van der Waals surface area contributed by atoms with Crippen LogP contribution in [0, 0.1) is 12.7 Å². The predicted molar refractivity (Wildman–Crippen MR) is 136 cm³/mol. The highest BCUT2D eigenvalue weighted by atomic mass is 35.5. The van der Waals surface area contributed by atoms with Gasteiger partial charge in [0.1, 0.15) is 5.82 Å². The first-order valence-corrected chi connectivity index (χ1v) is 13.9. The molecule has 12 heteroatoms. The standard InChI is InChI=1S/C24H25ClFN3O5S2/c1-17-8-11-21(35(31,32)28(2)3)14-23(17)27-24(30)16-29(15-18-6-4-5-7-22(18)26)36(33,34)20-12-9-19(25)10-13-20/h4-14H,15-16H2,1-3H3,(H,27,30). The summed E-state index contributed by atoms with van der Waals surface area (Å²) in [5.41, 5.74) is 0.859. The Bertz CT molecular complexity index is 1480. The maximum absolute atomic E-state index is 14.4. The lowest BCUT2D eigenvalue weighted by Crippen LogP contribution is -2.38. The number of halogens is 2. The Morgan fingerprint density at radius 2 is 1.53 bits per heavy atom. The van der Waals surface area contributed by atoms with Crippen LogP contribution in [0.5, 0.6) is 0 Å². The number of benzene rings is 3. The van der Waals surface area contributed by atoms with Crippen LogP contribution in [0.1, 0.15) is 11.1 Å². The first-order valence-electron chi connectivity index (χ1n) is 10.6. The third-order valence-electron chi connectivity index (χ3n) is 5.34. The Kier molecular flexibility index (Phi) is 8.52. The van der Waals surface area contributed by atoms with Gasteiger partial charge in [-0.3, -0.25) is 4.79 Å². The number of nitrogens with zero attached hydrogens (tertiary/aromatic N) is 2. The second-order valence-electron chi connectivity index (χ2n) is 8.13. The molecule has 192 valence electrons. The zero-order valence-corrected chi connectivity index (χ0v) is 22.2. The summed E-state index contributed by atoms with van der Waals surface area (Å²) in [7, 11) is -5.22. The van der Waals surface area contributed by atoms with E-state index in [9.17, 15) is 26.0 Å². The minimum atomic E-state index is -4.23. The summed E-state index contributed by atoms with van der Waals surface area (Å²) in [6, 6.07) is 15.3. The number of anilines is 1. The lowest BCUT2D eigenvalue weighted by Gasteiger charge is -2.23. The molecular weight excluding hydrogens is 529 g/mol. The lowest BCUT2D eigenvalue weighted by molar-refractivity contribution is -0.116. The number of amides is 1. The molecule has 0 saturated carbocycles. The van der Waals surface area contributed by atoms with Crippen molar-refractivity contribution >= 4 is 43.2 Å². The summed E-state index contributed by atoms with van der Waals surface area (Å²) in [5, 5.41) is 2.91. The highest BCUT2D eigenvalue weighted by Gasteiger charge is 2.28. The summed E-state index contributed by atoms with van der Waals surface area (Å²) in [4.78, 5) is 12.8. The molecule has 0 bridgehead atoms. The summed E-state index contributed by atoms with van der Waals surface area (Å²) < 4.78 is 68.0. The predicted octanol–water partition coefficient (Wildman–Crippen LogP) is 3.87. The zero-order valence-electron chi connectivity index (χ0n) is 19.8. The Balaban J connectivity index is 1.93. The van der Waals surface area contributed by atoms with E-state index in [-0.39, 0.29) is 21.0 Å². The Morgan fingerprint density at radius 1 is 0.917 bits per heavy atom. The largest absolute Gasteiger partial charge is 0.325 e. The van der Waals surface area contributed by atoms with E-state index >= 15 is 0 Å². The van der Waals surface area contributed by atoms with Crippen molar-refractivity contribution in [1.82, 2.24) is 8.61 Å². The van der Waals surface area contributed by atoms with Crippen LogP contribution in [0.4, 0.5) is 10.1 Å². The van der Waals surface area contributed by atoms with E-state index in [2.05, 4.69) is 5.32 Å². The highest BCUT2D eigenvalue weighted by molar-refractivity contribution is 7.89. The van der Waals surface area contributed by atoms with Gasteiger partial charge in [-0.1, -0.05) is 35.9 Å². The van der Waals surface area contributed by atoms with Crippen LogP contribution in [-0.2, 0) is 31.4 Å². The second kappa shape index (κ2) is 11.1. The fraction of sp³-hybridized carbons (Fsp3) is 0.208. The van der Waals surface area contributed by atoms with Crippen molar-refractivity contribution in [2.75, 3.05) is 26.0 Å². The van der Waals surface area contributed by atoms with Gasteiger partial charge in [-0.2, -0.15) is 4.31 Å². The van der Waals surface area contributed by atoms with Crippen LogP contribution >= 0.6 is 11.6 Å². The minimum absolute atomic E-state index is 0.0367.